The molecule has 0 saturated heterocycles. The molecule has 0 atom stereocenters. The number of carbonyl (C=O) groups excluding carboxylic acids is 1. The molecule has 0 saturated carbocycles. The molecule has 0 bridgehead atoms. The van der Waals surface area contributed by atoms with Gasteiger partial charge in [-0.1, -0.05) is 0 Å². The smallest absolute Gasteiger partial charge is 0.250 e. The SMILES string of the molecule is Cc1cnc(NC(=O)/C=C/c2ccnn2C)s1. The van der Waals surface area contributed by atoms with E-state index in [1.807, 2.05) is 20.0 Å². The van der Waals surface area contributed by atoms with Crippen LogP contribution in [0.4, 0.5) is 5.13 Å². The van der Waals surface area contributed by atoms with Crippen LogP contribution in [0, 0.1) is 6.92 Å². The molecule has 0 aromatic carbocycles. The van der Waals surface area contributed by atoms with Crippen LogP contribution in [-0.4, -0.2) is 20.7 Å². The van der Waals surface area contributed by atoms with Gasteiger partial charge in [-0.25, -0.2) is 4.98 Å². The Balaban J connectivity index is 1.98. The minimum atomic E-state index is -0.194. The summed E-state index contributed by atoms with van der Waals surface area (Å²) in [6.07, 6.45) is 6.59. The molecular formula is C11H12N4OS. The van der Waals surface area contributed by atoms with Gasteiger partial charge in [-0.3, -0.25) is 14.8 Å². The molecule has 0 aliphatic carbocycles. The van der Waals surface area contributed by atoms with Crippen LogP contribution < -0.4 is 5.32 Å². The van der Waals surface area contributed by atoms with E-state index >= 15 is 0 Å². The number of nitrogens with one attached hydrogen (secondary N) is 1. The van der Waals surface area contributed by atoms with Gasteiger partial charge in [0.15, 0.2) is 5.13 Å². The van der Waals surface area contributed by atoms with Gasteiger partial charge in [-0.05, 0) is 19.1 Å². The van der Waals surface area contributed by atoms with Crippen LogP contribution in [-0.2, 0) is 11.8 Å². The average molecular weight is 248 g/mol. The van der Waals surface area contributed by atoms with Crippen LogP contribution in [0.5, 0.6) is 0 Å². The molecule has 2 rings (SSSR count). The number of nitrogens with zero attached hydrogens (tertiary/aromatic N) is 3. The molecule has 88 valence electrons. The molecule has 2 aromatic heterocycles. The summed E-state index contributed by atoms with van der Waals surface area (Å²) in [7, 11) is 1.82. The Hall–Kier alpha value is -1.95. The monoisotopic (exact) mass is 248 g/mol. The molecule has 6 heteroatoms. The van der Waals surface area contributed by atoms with E-state index in [4.69, 9.17) is 0 Å². The molecule has 2 heterocycles. The van der Waals surface area contributed by atoms with Gasteiger partial charge in [-0.15, -0.1) is 11.3 Å². The number of anilines is 1. The zero-order chi connectivity index (χ0) is 12.3. The first-order valence-corrected chi connectivity index (χ1v) is 5.86. The van der Waals surface area contributed by atoms with Crippen molar-refractivity contribution in [2.24, 2.45) is 7.05 Å². The lowest BCUT2D eigenvalue weighted by Gasteiger charge is -1.96. The molecule has 0 fully saturated rings. The third-order valence-electron chi connectivity index (χ3n) is 2.12. The summed E-state index contributed by atoms with van der Waals surface area (Å²) in [5.74, 6) is -0.194. The Labute approximate surface area is 103 Å². The molecule has 0 radical (unpaired) electrons. The fourth-order valence-corrected chi connectivity index (χ4v) is 1.94. The van der Waals surface area contributed by atoms with E-state index in [-0.39, 0.29) is 5.91 Å². The van der Waals surface area contributed by atoms with Crippen molar-refractivity contribution in [3.63, 3.8) is 0 Å². The van der Waals surface area contributed by atoms with Crippen molar-refractivity contribution >= 4 is 28.5 Å². The van der Waals surface area contributed by atoms with Gasteiger partial charge in [0.05, 0.1) is 5.69 Å². The van der Waals surface area contributed by atoms with Crippen molar-refractivity contribution in [3.8, 4) is 0 Å². The molecule has 0 aliphatic rings. The summed E-state index contributed by atoms with van der Waals surface area (Å²) in [6, 6.07) is 1.83. The van der Waals surface area contributed by atoms with E-state index in [1.54, 1.807) is 23.2 Å². The number of aryl methyl sites for hydroxylation is 2. The maximum atomic E-state index is 11.6. The van der Waals surface area contributed by atoms with Gasteiger partial charge in [0, 0.05) is 30.4 Å². The predicted molar refractivity (Wildman–Crippen MR) is 67.7 cm³/mol. The quantitative estimate of drug-likeness (QED) is 0.843. The zero-order valence-electron chi connectivity index (χ0n) is 9.54. The van der Waals surface area contributed by atoms with Gasteiger partial charge in [0.25, 0.3) is 0 Å². The first kappa shape index (κ1) is 11.5. The largest absolute Gasteiger partial charge is 0.298 e. The number of aromatic nitrogens is 3. The van der Waals surface area contributed by atoms with Crippen LogP contribution in [0.15, 0.2) is 24.5 Å². The van der Waals surface area contributed by atoms with E-state index in [0.29, 0.717) is 5.13 Å². The van der Waals surface area contributed by atoms with Crippen LogP contribution in [0.25, 0.3) is 6.08 Å². The molecular weight excluding hydrogens is 236 g/mol. The summed E-state index contributed by atoms with van der Waals surface area (Å²) >= 11 is 1.45. The third-order valence-corrected chi connectivity index (χ3v) is 2.94. The second kappa shape index (κ2) is 4.92. The van der Waals surface area contributed by atoms with Crippen molar-refractivity contribution in [1.29, 1.82) is 0 Å². The minimum Gasteiger partial charge on any atom is -0.298 e. The lowest BCUT2D eigenvalue weighted by atomic mass is 10.3. The molecule has 17 heavy (non-hydrogen) atoms. The van der Waals surface area contributed by atoms with E-state index in [0.717, 1.165) is 10.6 Å². The third kappa shape index (κ3) is 3.01. The standard InChI is InChI=1S/C11H12N4OS/c1-8-7-12-11(17-8)14-10(16)4-3-9-5-6-13-15(9)2/h3-7H,1-2H3,(H,12,14,16)/b4-3+. The topological polar surface area (TPSA) is 59.8 Å². The molecule has 1 N–H and O–H groups in total. The lowest BCUT2D eigenvalue weighted by molar-refractivity contribution is -0.111. The van der Waals surface area contributed by atoms with E-state index in [2.05, 4.69) is 15.4 Å². The summed E-state index contributed by atoms with van der Waals surface area (Å²) in [6.45, 7) is 1.94. The van der Waals surface area contributed by atoms with E-state index < -0.39 is 0 Å². The maximum Gasteiger partial charge on any atom is 0.250 e. The number of amides is 1. The van der Waals surface area contributed by atoms with Gasteiger partial charge in [-0.2, -0.15) is 5.10 Å². The van der Waals surface area contributed by atoms with E-state index in [1.165, 1.54) is 17.4 Å². The zero-order valence-corrected chi connectivity index (χ0v) is 10.4. The number of carbonyl (C=O) groups is 1. The van der Waals surface area contributed by atoms with Gasteiger partial charge >= 0.3 is 0 Å². The Kier molecular flexibility index (Phi) is 3.34. The minimum absolute atomic E-state index is 0.194. The molecule has 1 amide bonds. The molecule has 5 nitrogen and oxygen atoms in total. The van der Waals surface area contributed by atoms with Gasteiger partial charge in [0.2, 0.25) is 5.91 Å². The highest BCUT2D eigenvalue weighted by atomic mass is 32.1. The second-order valence-corrected chi connectivity index (χ2v) is 4.71. The Morgan fingerprint density at radius 1 is 1.59 bits per heavy atom. The van der Waals surface area contributed by atoms with Crippen LogP contribution in [0.2, 0.25) is 0 Å². The van der Waals surface area contributed by atoms with Crippen LogP contribution >= 0.6 is 11.3 Å². The van der Waals surface area contributed by atoms with Gasteiger partial charge < -0.3 is 0 Å². The predicted octanol–water partition coefficient (Wildman–Crippen LogP) is 1.84. The summed E-state index contributed by atoms with van der Waals surface area (Å²) in [5.41, 5.74) is 0.871. The molecule has 2 aromatic rings. The van der Waals surface area contributed by atoms with Crippen molar-refractivity contribution in [1.82, 2.24) is 14.8 Å². The Morgan fingerprint density at radius 2 is 2.41 bits per heavy atom. The number of hydrogen-bond donors (Lipinski definition) is 1. The maximum absolute atomic E-state index is 11.6. The van der Waals surface area contributed by atoms with Crippen LogP contribution in [0.3, 0.4) is 0 Å². The summed E-state index contributed by atoms with van der Waals surface area (Å²) < 4.78 is 1.69. The normalized spacial score (nSPS) is 10.9. The summed E-state index contributed by atoms with van der Waals surface area (Å²) in [4.78, 5) is 16.7. The Bertz CT molecular complexity index is 555. The van der Waals surface area contributed by atoms with Gasteiger partial charge in [0.1, 0.15) is 0 Å². The van der Waals surface area contributed by atoms with Crippen molar-refractivity contribution in [2.75, 3.05) is 5.32 Å². The first-order valence-electron chi connectivity index (χ1n) is 5.04. The second-order valence-electron chi connectivity index (χ2n) is 3.48. The van der Waals surface area contributed by atoms with Crippen molar-refractivity contribution in [2.45, 2.75) is 6.92 Å². The highest BCUT2D eigenvalue weighted by Gasteiger charge is 2.02. The fourth-order valence-electron chi connectivity index (χ4n) is 1.27. The number of rotatable bonds is 3. The molecule has 0 unspecified atom stereocenters. The number of thiazole rings is 1. The van der Waals surface area contributed by atoms with E-state index in [9.17, 15) is 4.79 Å². The fraction of sp³-hybridized carbons (Fsp3) is 0.182. The van der Waals surface area contributed by atoms with Crippen molar-refractivity contribution in [3.05, 3.63) is 35.1 Å². The average Bonchev–Trinajstić information content (AvgIpc) is 2.85. The summed E-state index contributed by atoms with van der Waals surface area (Å²) in [5, 5.41) is 7.32. The highest BCUT2D eigenvalue weighted by Crippen LogP contribution is 2.16. The Morgan fingerprint density at radius 3 is 3.00 bits per heavy atom. The van der Waals surface area contributed by atoms with Crippen molar-refractivity contribution < 1.29 is 4.79 Å². The molecule has 0 aliphatic heterocycles. The number of hydrogen-bond acceptors (Lipinski definition) is 4. The highest BCUT2D eigenvalue weighted by molar-refractivity contribution is 7.15. The molecule has 0 spiro atoms. The van der Waals surface area contributed by atoms with Crippen LogP contribution in [0.1, 0.15) is 10.6 Å². The first-order chi connectivity index (χ1) is 8.15. The lowest BCUT2D eigenvalue weighted by Crippen LogP contribution is -2.07.